The van der Waals surface area contributed by atoms with Gasteiger partial charge in [0.25, 0.3) is 5.89 Å². The highest BCUT2D eigenvalue weighted by Gasteiger charge is 2.35. The molecule has 0 spiro atoms. The van der Waals surface area contributed by atoms with Gasteiger partial charge in [-0.3, -0.25) is 4.90 Å². The molecule has 166 valence electrons. The monoisotopic (exact) mass is 450 g/mol. The number of urea groups is 1. The number of hydrogen-bond acceptors (Lipinski definition) is 6. The Hall–Kier alpha value is -3.10. The lowest BCUT2D eigenvalue weighted by molar-refractivity contribution is 0.158. The first-order valence-electron chi connectivity index (χ1n) is 10.3. The van der Waals surface area contributed by atoms with E-state index < -0.39 is 6.04 Å². The number of thioether (sulfide) groups is 1. The first-order chi connectivity index (χ1) is 15.5. The van der Waals surface area contributed by atoms with Gasteiger partial charge in [0, 0.05) is 23.3 Å². The maximum absolute atomic E-state index is 12.9. The maximum Gasteiger partial charge on any atom is 0.322 e. The molecule has 7 nitrogen and oxygen atoms in total. The summed E-state index contributed by atoms with van der Waals surface area (Å²) in [5, 5.41) is 7.32. The summed E-state index contributed by atoms with van der Waals surface area (Å²) in [5.41, 5.74) is 4.50. The molecule has 1 aliphatic heterocycles. The summed E-state index contributed by atoms with van der Waals surface area (Å²) in [4.78, 5) is 20.4. The highest BCUT2D eigenvalue weighted by atomic mass is 32.2. The number of ether oxygens (including phenoxy) is 1. The number of aromatic nitrogens is 2. The molecule has 1 atom stereocenters. The van der Waals surface area contributed by atoms with Gasteiger partial charge >= 0.3 is 6.03 Å². The Kier molecular flexibility index (Phi) is 6.62. The number of rotatable bonds is 7. The van der Waals surface area contributed by atoms with Crippen molar-refractivity contribution in [1.82, 2.24) is 20.4 Å². The Morgan fingerprint density at radius 2 is 1.97 bits per heavy atom. The minimum atomic E-state index is -0.400. The number of carbonyl (C=O) groups is 1. The standard InChI is InChI=1S/C24H26N4O3S/c1-15-6-5-7-18(14-15)22-26-23(31-27-22)20-16(2)28(12-13-30-3)24(29)25-21(20)17-8-10-19(32-4)11-9-17/h5-11,14,21H,12-13H2,1-4H3,(H,25,29). The van der Waals surface area contributed by atoms with Crippen molar-refractivity contribution in [3.8, 4) is 11.4 Å². The van der Waals surface area contributed by atoms with Crippen LogP contribution in [0.25, 0.3) is 17.0 Å². The minimum Gasteiger partial charge on any atom is -0.383 e. The molecule has 0 saturated heterocycles. The normalized spacial score (nSPS) is 16.4. The molecule has 4 rings (SSSR count). The second kappa shape index (κ2) is 9.58. The fraction of sp³-hybridized carbons (Fsp3) is 0.292. The van der Waals surface area contributed by atoms with Gasteiger partial charge < -0.3 is 14.6 Å². The quantitative estimate of drug-likeness (QED) is 0.515. The maximum atomic E-state index is 12.9. The highest BCUT2D eigenvalue weighted by molar-refractivity contribution is 7.98. The molecule has 2 aromatic carbocycles. The fourth-order valence-electron chi connectivity index (χ4n) is 3.79. The molecule has 8 heteroatoms. The van der Waals surface area contributed by atoms with Crippen molar-refractivity contribution in [2.75, 3.05) is 26.5 Å². The zero-order valence-corrected chi connectivity index (χ0v) is 19.4. The highest BCUT2D eigenvalue weighted by Crippen LogP contribution is 2.37. The van der Waals surface area contributed by atoms with Crippen LogP contribution in [0, 0.1) is 6.92 Å². The van der Waals surface area contributed by atoms with Crippen molar-refractivity contribution in [2.24, 2.45) is 0 Å². The third kappa shape index (κ3) is 4.42. The Bertz CT molecular complexity index is 1140. The molecule has 0 radical (unpaired) electrons. The molecule has 1 aliphatic rings. The molecule has 2 amide bonds. The molecule has 2 heterocycles. The summed E-state index contributed by atoms with van der Waals surface area (Å²) in [6, 6.07) is 15.5. The molecule has 1 unspecified atom stereocenters. The average molecular weight is 451 g/mol. The number of nitrogens with zero attached hydrogens (tertiary/aromatic N) is 3. The zero-order chi connectivity index (χ0) is 22.7. The van der Waals surface area contributed by atoms with Crippen LogP contribution in [0.1, 0.15) is 30.0 Å². The van der Waals surface area contributed by atoms with E-state index in [1.165, 1.54) is 0 Å². The van der Waals surface area contributed by atoms with E-state index in [1.54, 1.807) is 23.8 Å². The SMILES string of the molecule is COCCN1C(=O)NC(c2ccc(SC)cc2)C(c2nc(-c3cccc(C)c3)no2)=C1C. The summed E-state index contributed by atoms with van der Waals surface area (Å²) in [6.07, 6.45) is 2.03. The van der Waals surface area contributed by atoms with Gasteiger partial charge in [-0.25, -0.2) is 4.79 Å². The van der Waals surface area contributed by atoms with Crippen LogP contribution in [0.5, 0.6) is 0 Å². The van der Waals surface area contributed by atoms with Crippen molar-refractivity contribution in [3.63, 3.8) is 0 Å². The Labute approximate surface area is 191 Å². The molecule has 1 N–H and O–H groups in total. The van der Waals surface area contributed by atoms with Gasteiger partial charge in [0.2, 0.25) is 5.82 Å². The second-order valence-corrected chi connectivity index (χ2v) is 8.47. The van der Waals surface area contributed by atoms with E-state index >= 15 is 0 Å². The van der Waals surface area contributed by atoms with Crippen LogP contribution in [0.4, 0.5) is 4.79 Å². The number of hydrogen-bond donors (Lipinski definition) is 1. The number of methoxy groups -OCH3 is 1. The van der Waals surface area contributed by atoms with Crippen LogP contribution in [-0.4, -0.2) is 47.6 Å². The van der Waals surface area contributed by atoms with Crippen molar-refractivity contribution >= 4 is 23.4 Å². The van der Waals surface area contributed by atoms with Gasteiger partial charge in [-0.2, -0.15) is 4.98 Å². The van der Waals surface area contributed by atoms with E-state index in [0.29, 0.717) is 24.9 Å². The fourth-order valence-corrected chi connectivity index (χ4v) is 4.20. The third-order valence-electron chi connectivity index (χ3n) is 5.50. The van der Waals surface area contributed by atoms with Gasteiger partial charge in [-0.15, -0.1) is 11.8 Å². The number of benzene rings is 2. The van der Waals surface area contributed by atoms with Crippen molar-refractivity contribution in [3.05, 3.63) is 71.2 Å². The van der Waals surface area contributed by atoms with Gasteiger partial charge in [-0.05, 0) is 43.9 Å². The lowest BCUT2D eigenvalue weighted by Crippen LogP contribution is -2.47. The van der Waals surface area contributed by atoms with Gasteiger partial charge in [-0.1, -0.05) is 41.1 Å². The zero-order valence-electron chi connectivity index (χ0n) is 18.6. The lowest BCUT2D eigenvalue weighted by Gasteiger charge is -2.35. The van der Waals surface area contributed by atoms with Crippen molar-refractivity contribution in [2.45, 2.75) is 24.8 Å². The van der Waals surface area contributed by atoms with Crippen LogP contribution in [0.3, 0.4) is 0 Å². The van der Waals surface area contributed by atoms with Crippen LogP contribution in [-0.2, 0) is 4.74 Å². The van der Waals surface area contributed by atoms with E-state index in [1.807, 2.05) is 68.6 Å². The summed E-state index contributed by atoms with van der Waals surface area (Å²) in [7, 11) is 1.62. The number of nitrogens with one attached hydrogen (secondary N) is 1. The predicted octanol–water partition coefficient (Wildman–Crippen LogP) is 4.91. The van der Waals surface area contributed by atoms with E-state index in [0.717, 1.165) is 32.9 Å². The van der Waals surface area contributed by atoms with Crippen LogP contribution in [0.2, 0.25) is 0 Å². The Morgan fingerprint density at radius 3 is 2.66 bits per heavy atom. The molecule has 1 aromatic heterocycles. The minimum absolute atomic E-state index is 0.180. The summed E-state index contributed by atoms with van der Waals surface area (Å²) in [6.45, 7) is 4.78. The number of aryl methyl sites for hydroxylation is 1. The largest absolute Gasteiger partial charge is 0.383 e. The molecular formula is C24H26N4O3S. The number of amides is 2. The molecule has 0 saturated carbocycles. The summed E-state index contributed by atoms with van der Waals surface area (Å²) >= 11 is 1.67. The number of carbonyl (C=O) groups excluding carboxylic acids is 1. The molecule has 0 bridgehead atoms. The molecule has 0 aliphatic carbocycles. The first kappa shape index (κ1) is 22.1. The van der Waals surface area contributed by atoms with Crippen LogP contribution >= 0.6 is 11.8 Å². The van der Waals surface area contributed by atoms with Gasteiger partial charge in [0.15, 0.2) is 0 Å². The topological polar surface area (TPSA) is 80.5 Å². The Balaban J connectivity index is 1.79. The molecule has 32 heavy (non-hydrogen) atoms. The third-order valence-corrected chi connectivity index (χ3v) is 6.24. The van der Waals surface area contributed by atoms with Gasteiger partial charge in [0.05, 0.1) is 24.8 Å². The first-order valence-corrected chi connectivity index (χ1v) is 11.6. The summed E-state index contributed by atoms with van der Waals surface area (Å²) in [5.74, 6) is 0.904. The van der Waals surface area contributed by atoms with E-state index in [-0.39, 0.29) is 6.03 Å². The van der Waals surface area contributed by atoms with E-state index in [9.17, 15) is 4.79 Å². The molecule has 3 aromatic rings. The Morgan fingerprint density at radius 1 is 1.19 bits per heavy atom. The van der Waals surface area contributed by atoms with Crippen LogP contribution < -0.4 is 5.32 Å². The van der Waals surface area contributed by atoms with Gasteiger partial charge in [0.1, 0.15) is 0 Å². The van der Waals surface area contributed by atoms with Crippen molar-refractivity contribution in [1.29, 1.82) is 0 Å². The van der Waals surface area contributed by atoms with Crippen molar-refractivity contribution < 1.29 is 14.1 Å². The van der Waals surface area contributed by atoms with E-state index in [2.05, 4.69) is 10.5 Å². The second-order valence-electron chi connectivity index (χ2n) is 7.59. The molecule has 0 fully saturated rings. The molecular weight excluding hydrogens is 424 g/mol. The smallest absolute Gasteiger partial charge is 0.322 e. The lowest BCUT2D eigenvalue weighted by atomic mass is 9.94. The average Bonchev–Trinajstić information content (AvgIpc) is 3.28. The summed E-state index contributed by atoms with van der Waals surface area (Å²) < 4.78 is 10.9. The predicted molar refractivity (Wildman–Crippen MR) is 125 cm³/mol. The number of allylic oxidation sites excluding steroid dienone is 1. The van der Waals surface area contributed by atoms with Crippen LogP contribution in [0.15, 0.2) is 63.6 Å². The van der Waals surface area contributed by atoms with E-state index in [4.69, 9.17) is 14.2 Å².